The summed E-state index contributed by atoms with van der Waals surface area (Å²) in [6.45, 7) is 2.82. The molecule has 0 aliphatic heterocycles. The van der Waals surface area contributed by atoms with Gasteiger partial charge in [0.1, 0.15) is 0 Å². The Kier molecular flexibility index (Phi) is 8.99. The highest BCUT2D eigenvalue weighted by Gasteiger charge is 2.40. The molecule has 1 amide bonds. The summed E-state index contributed by atoms with van der Waals surface area (Å²) < 4.78 is 0. The van der Waals surface area contributed by atoms with Gasteiger partial charge in [0.05, 0.1) is 10.7 Å². The SMILES string of the molecule is CCc1nc(CCNC(=O)C2CC3CCCC(C2)C3N)cs1.Cl.Cl. The fourth-order valence-electron chi connectivity index (χ4n) is 4.09. The molecule has 0 radical (unpaired) electrons. The third-order valence-corrected chi connectivity index (χ3v) is 6.41. The number of aromatic nitrogens is 1. The van der Waals surface area contributed by atoms with Gasteiger partial charge in [0, 0.05) is 30.3 Å². The number of fused-ring (bicyclic) bond motifs is 2. The molecule has 3 rings (SSSR count). The second-order valence-electron chi connectivity index (χ2n) is 6.82. The number of nitrogens with one attached hydrogen (secondary N) is 1. The first-order valence-corrected chi connectivity index (χ1v) is 9.52. The van der Waals surface area contributed by atoms with Crippen molar-refractivity contribution < 1.29 is 4.79 Å². The minimum absolute atomic E-state index is 0. The van der Waals surface area contributed by atoms with Crippen LogP contribution in [0.2, 0.25) is 0 Å². The van der Waals surface area contributed by atoms with Gasteiger partial charge in [-0.3, -0.25) is 4.79 Å². The predicted octanol–water partition coefficient (Wildman–Crippen LogP) is 3.36. The number of carbonyl (C=O) groups is 1. The number of nitrogens with two attached hydrogens (primary N) is 1. The van der Waals surface area contributed by atoms with Crippen LogP contribution < -0.4 is 11.1 Å². The molecule has 2 saturated carbocycles. The maximum Gasteiger partial charge on any atom is 0.223 e. The lowest BCUT2D eigenvalue weighted by Gasteiger charge is -2.43. The summed E-state index contributed by atoms with van der Waals surface area (Å²) in [5, 5.41) is 6.40. The number of halogens is 2. The highest BCUT2D eigenvalue weighted by molar-refractivity contribution is 7.09. The Balaban J connectivity index is 0.00000144. The van der Waals surface area contributed by atoms with Crippen LogP contribution in [0.25, 0.3) is 0 Å². The summed E-state index contributed by atoms with van der Waals surface area (Å²) in [6.07, 6.45) is 7.50. The van der Waals surface area contributed by atoms with Crippen LogP contribution in [0.1, 0.15) is 49.7 Å². The Morgan fingerprint density at radius 1 is 1.33 bits per heavy atom. The van der Waals surface area contributed by atoms with Crippen molar-refractivity contribution in [1.29, 1.82) is 0 Å². The van der Waals surface area contributed by atoms with Crippen LogP contribution in [0.4, 0.5) is 0 Å². The Labute approximate surface area is 161 Å². The molecule has 4 nitrogen and oxygen atoms in total. The monoisotopic (exact) mass is 393 g/mol. The summed E-state index contributed by atoms with van der Waals surface area (Å²) in [5.41, 5.74) is 7.40. The molecule has 24 heavy (non-hydrogen) atoms. The van der Waals surface area contributed by atoms with E-state index in [1.807, 2.05) is 0 Å². The topological polar surface area (TPSA) is 68.0 Å². The number of nitrogens with zero attached hydrogens (tertiary/aromatic N) is 1. The van der Waals surface area contributed by atoms with Crippen molar-refractivity contribution in [2.45, 2.75) is 57.9 Å². The summed E-state index contributed by atoms with van der Waals surface area (Å²) in [4.78, 5) is 17.0. The summed E-state index contributed by atoms with van der Waals surface area (Å²) in [7, 11) is 0. The van der Waals surface area contributed by atoms with E-state index in [0.717, 1.165) is 31.4 Å². The molecule has 2 unspecified atom stereocenters. The number of carbonyl (C=O) groups excluding carboxylic acids is 1. The number of thiazole rings is 1. The average molecular weight is 394 g/mol. The van der Waals surface area contributed by atoms with Gasteiger partial charge >= 0.3 is 0 Å². The minimum atomic E-state index is 0. The zero-order valence-electron chi connectivity index (χ0n) is 14.2. The second kappa shape index (κ2) is 9.95. The average Bonchev–Trinajstić information content (AvgIpc) is 2.95. The molecule has 3 N–H and O–H groups in total. The molecule has 2 fully saturated rings. The predicted molar refractivity (Wildman–Crippen MR) is 104 cm³/mol. The number of rotatable bonds is 5. The molecular formula is C17H29Cl2N3OS. The largest absolute Gasteiger partial charge is 0.355 e. The quantitative estimate of drug-likeness (QED) is 0.805. The maximum atomic E-state index is 12.4. The minimum Gasteiger partial charge on any atom is -0.355 e. The van der Waals surface area contributed by atoms with Crippen LogP contribution in [0.15, 0.2) is 5.38 Å². The van der Waals surface area contributed by atoms with Crippen LogP contribution in [0.5, 0.6) is 0 Å². The molecule has 2 bridgehead atoms. The molecule has 1 aromatic heterocycles. The molecule has 7 heteroatoms. The second-order valence-corrected chi connectivity index (χ2v) is 7.77. The van der Waals surface area contributed by atoms with Crippen molar-refractivity contribution >= 4 is 42.1 Å². The molecule has 0 saturated heterocycles. The van der Waals surface area contributed by atoms with Crippen LogP contribution in [-0.4, -0.2) is 23.5 Å². The Morgan fingerprint density at radius 3 is 2.58 bits per heavy atom. The van der Waals surface area contributed by atoms with Gasteiger partial charge in [-0.25, -0.2) is 4.98 Å². The van der Waals surface area contributed by atoms with Crippen molar-refractivity contribution in [3.8, 4) is 0 Å². The first-order valence-electron chi connectivity index (χ1n) is 8.64. The normalized spacial score (nSPS) is 28.4. The number of hydrogen-bond donors (Lipinski definition) is 2. The number of hydrogen-bond acceptors (Lipinski definition) is 4. The van der Waals surface area contributed by atoms with E-state index in [1.54, 1.807) is 11.3 Å². The van der Waals surface area contributed by atoms with Gasteiger partial charge in [0.2, 0.25) is 5.91 Å². The van der Waals surface area contributed by atoms with Gasteiger partial charge in [0.15, 0.2) is 0 Å². The van der Waals surface area contributed by atoms with E-state index in [0.29, 0.717) is 24.4 Å². The lowest BCUT2D eigenvalue weighted by Crippen LogP contribution is -2.49. The highest BCUT2D eigenvalue weighted by atomic mass is 35.5. The van der Waals surface area contributed by atoms with E-state index in [4.69, 9.17) is 5.73 Å². The highest BCUT2D eigenvalue weighted by Crippen LogP contribution is 2.41. The molecule has 0 spiro atoms. The van der Waals surface area contributed by atoms with Gasteiger partial charge in [-0.05, 0) is 43.9 Å². The van der Waals surface area contributed by atoms with Crippen molar-refractivity contribution in [2.24, 2.45) is 23.5 Å². The zero-order valence-corrected chi connectivity index (χ0v) is 16.7. The first kappa shape index (κ1) is 21.7. The van der Waals surface area contributed by atoms with E-state index < -0.39 is 0 Å². The van der Waals surface area contributed by atoms with Crippen LogP contribution in [0, 0.1) is 17.8 Å². The molecular weight excluding hydrogens is 365 g/mol. The van der Waals surface area contributed by atoms with Gasteiger partial charge < -0.3 is 11.1 Å². The summed E-state index contributed by atoms with van der Waals surface area (Å²) in [5.74, 6) is 1.54. The van der Waals surface area contributed by atoms with E-state index in [2.05, 4.69) is 22.6 Å². The van der Waals surface area contributed by atoms with Crippen molar-refractivity contribution in [1.82, 2.24) is 10.3 Å². The molecule has 138 valence electrons. The molecule has 0 aromatic carbocycles. The van der Waals surface area contributed by atoms with Gasteiger partial charge in [-0.15, -0.1) is 36.2 Å². The fourth-order valence-corrected chi connectivity index (χ4v) is 4.87. The van der Waals surface area contributed by atoms with Crippen LogP contribution in [-0.2, 0) is 17.6 Å². The van der Waals surface area contributed by atoms with E-state index in [-0.39, 0.29) is 36.6 Å². The van der Waals surface area contributed by atoms with Crippen LogP contribution in [0.3, 0.4) is 0 Å². The summed E-state index contributed by atoms with van der Waals surface area (Å²) in [6, 6.07) is 0.334. The van der Waals surface area contributed by atoms with Gasteiger partial charge in [-0.1, -0.05) is 13.3 Å². The van der Waals surface area contributed by atoms with Crippen molar-refractivity contribution in [3.63, 3.8) is 0 Å². The molecule has 2 atom stereocenters. The molecule has 1 heterocycles. The smallest absolute Gasteiger partial charge is 0.223 e. The van der Waals surface area contributed by atoms with E-state index in [9.17, 15) is 4.79 Å². The van der Waals surface area contributed by atoms with Gasteiger partial charge in [-0.2, -0.15) is 0 Å². The third kappa shape index (κ3) is 5.07. The molecule has 2 aliphatic carbocycles. The Morgan fingerprint density at radius 2 is 2.00 bits per heavy atom. The standard InChI is InChI=1S/C17H27N3OS.2ClH/c1-2-15-20-14(10-22-15)6-7-19-17(21)13-8-11-4-3-5-12(9-13)16(11)18;;/h10-13,16H,2-9,18H2,1H3,(H,19,21);2*1H. The zero-order chi connectivity index (χ0) is 15.5. The maximum absolute atomic E-state index is 12.4. The first-order chi connectivity index (χ1) is 10.7. The van der Waals surface area contributed by atoms with E-state index in [1.165, 1.54) is 24.3 Å². The molecule has 2 aliphatic rings. The van der Waals surface area contributed by atoms with E-state index >= 15 is 0 Å². The number of aryl methyl sites for hydroxylation is 1. The van der Waals surface area contributed by atoms with Crippen molar-refractivity contribution in [3.05, 3.63) is 16.1 Å². The lowest BCUT2D eigenvalue weighted by molar-refractivity contribution is -0.127. The van der Waals surface area contributed by atoms with Crippen LogP contribution >= 0.6 is 36.2 Å². The Hall–Kier alpha value is -0.360. The van der Waals surface area contributed by atoms with Gasteiger partial charge in [0.25, 0.3) is 0 Å². The Bertz CT molecular complexity index is 512. The fraction of sp³-hybridized carbons (Fsp3) is 0.765. The summed E-state index contributed by atoms with van der Waals surface area (Å²) >= 11 is 1.71. The third-order valence-electron chi connectivity index (χ3n) is 5.37. The van der Waals surface area contributed by atoms with Crippen molar-refractivity contribution in [2.75, 3.05) is 6.54 Å². The lowest BCUT2D eigenvalue weighted by atomic mass is 9.65. The number of amides is 1. The molecule has 1 aromatic rings.